The van der Waals surface area contributed by atoms with Crippen LogP contribution in [0.3, 0.4) is 0 Å². The van der Waals surface area contributed by atoms with Crippen LogP contribution in [0.5, 0.6) is 5.88 Å². The number of hydrogen-bond acceptors (Lipinski definition) is 2. The Morgan fingerprint density at radius 2 is 1.94 bits per heavy atom. The number of nitrogens with zero attached hydrogens (tertiary/aromatic N) is 1. The van der Waals surface area contributed by atoms with Gasteiger partial charge in [-0.05, 0) is 59.0 Å². The van der Waals surface area contributed by atoms with Gasteiger partial charge in [-0.2, -0.15) is 0 Å². The number of methoxy groups -OCH3 is 1. The maximum Gasteiger partial charge on any atom is 0.218 e. The van der Waals surface area contributed by atoms with Crippen LogP contribution in [0.1, 0.15) is 50.4 Å². The first-order chi connectivity index (χ1) is 8.34. The number of aromatic nitrogens is 1. The highest BCUT2D eigenvalue weighted by molar-refractivity contribution is 9.10. The van der Waals surface area contributed by atoms with E-state index in [2.05, 4.69) is 48.6 Å². The molecule has 3 heteroatoms. The van der Waals surface area contributed by atoms with Crippen molar-refractivity contribution in [1.82, 2.24) is 4.98 Å². The van der Waals surface area contributed by atoms with Crippen LogP contribution in [0.15, 0.2) is 4.47 Å². The third-order valence-corrected chi connectivity index (χ3v) is 4.41. The highest BCUT2D eigenvalue weighted by atomic mass is 79.9. The van der Waals surface area contributed by atoms with Gasteiger partial charge in [-0.25, -0.2) is 4.98 Å². The number of aryl methyl sites for hydroxylation is 1. The molecule has 0 bridgehead atoms. The van der Waals surface area contributed by atoms with E-state index in [9.17, 15) is 0 Å². The molecule has 1 aromatic heterocycles. The van der Waals surface area contributed by atoms with Crippen LogP contribution in [-0.4, -0.2) is 12.1 Å². The van der Waals surface area contributed by atoms with Crippen LogP contribution in [0.4, 0.5) is 0 Å². The molecule has 1 heterocycles. The zero-order valence-corrected chi connectivity index (χ0v) is 13.5. The minimum Gasteiger partial charge on any atom is -0.481 e. The standard InChI is InChI=1S/C15H22BrNO/c1-9-11(8-10-6-7-10)13(16)12(15(2,3)4)14(17-9)18-5/h10H,6-8H2,1-5H3. The number of pyridine rings is 1. The van der Waals surface area contributed by atoms with E-state index < -0.39 is 0 Å². The normalized spacial score (nSPS) is 15.9. The van der Waals surface area contributed by atoms with Gasteiger partial charge < -0.3 is 4.74 Å². The summed E-state index contributed by atoms with van der Waals surface area (Å²) in [5.74, 6) is 1.62. The van der Waals surface area contributed by atoms with E-state index in [-0.39, 0.29) is 5.41 Å². The molecule has 0 aromatic carbocycles. The Morgan fingerprint density at radius 1 is 1.33 bits per heavy atom. The van der Waals surface area contributed by atoms with Crippen LogP contribution in [0.25, 0.3) is 0 Å². The van der Waals surface area contributed by atoms with Crippen molar-refractivity contribution in [2.24, 2.45) is 5.92 Å². The molecule has 0 radical (unpaired) electrons. The van der Waals surface area contributed by atoms with Crippen molar-refractivity contribution < 1.29 is 4.74 Å². The fourth-order valence-electron chi connectivity index (χ4n) is 2.32. The van der Waals surface area contributed by atoms with Gasteiger partial charge in [-0.3, -0.25) is 0 Å². The molecule has 1 aromatic rings. The molecule has 100 valence electrons. The Hall–Kier alpha value is -0.570. The lowest BCUT2D eigenvalue weighted by Crippen LogP contribution is -2.17. The third-order valence-electron chi connectivity index (χ3n) is 3.54. The summed E-state index contributed by atoms with van der Waals surface area (Å²) in [6.45, 7) is 8.69. The van der Waals surface area contributed by atoms with E-state index in [0.29, 0.717) is 0 Å². The van der Waals surface area contributed by atoms with Gasteiger partial charge in [-0.15, -0.1) is 0 Å². The summed E-state index contributed by atoms with van der Waals surface area (Å²) in [7, 11) is 1.70. The van der Waals surface area contributed by atoms with Crippen molar-refractivity contribution >= 4 is 15.9 Å². The first-order valence-corrected chi connectivity index (χ1v) is 7.37. The van der Waals surface area contributed by atoms with Crippen molar-refractivity contribution in [3.05, 3.63) is 21.3 Å². The second-order valence-electron chi connectivity index (χ2n) is 6.27. The Labute approximate surface area is 118 Å². The van der Waals surface area contributed by atoms with Crippen LogP contribution < -0.4 is 4.74 Å². The second kappa shape index (κ2) is 4.84. The van der Waals surface area contributed by atoms with Gasteiger partial charge in [0.1, 0.15) is 0 Å². The first kappa shape index (κ1) is 13.9. The molecule has 0 saturated heterocycles. The molecule has 0 N–H and O–H groups in total. The summed E-state index contributed by atoms with van der Waals surface area (Å²) in [6, 6.07) is 0. The van der Waals surface area contributed by atoms with E-state index in [4.69, 9.17) is 4.74 Å². The van der Waals surface area contributed by atoms with Gasteiger partial charge in [0.05, 0.1) is 7.11 Å². The molecule has 0 aliphatic heterocycles. The number of rotatable bonds is 3. The van der Waals surface area contributed by atoms with Crippen molar-refractivity contribution in [3.63, 3.8) is 0 Å². The van der Waals surface area contributed by atoms with Crippen LogP contribution in [0.2, 0.25) is 0 Å². The van der Waals surface area contributed by atoms with Crippen molar-refractivity contribution in [2.75, 3.05) is 7.11 Å². The van der Waals surface area contributed by atoms with Gasteiger partial charge in [0, 0.05) is 15.7 Å². The van der Waals surface area contributed by atoms with Crippen LogP contribution >= 0.6 is 15.9 Å². The average Bonchev–Trinajstić information content (AvgIpc) is 3.04. The molecule has 2 rings (SSSR count). The highest BCUT2D eigenvalue weighted by Crippen LogP contribution is 2.42. The van der Waals surface area contributed by atoms with Gasteiger partial charge in [-0.1, -0.05) is 20.8 Å². The number of ether oxygens (including phenoxy) is 1. The van der Waals surface area contributed by atoms with E-state index in [1.165, 1.54) is 28.4 Å². The van der Waals surface area contributed by atoms with Crippen LogP contribution in [-0.2, 0) is 11.8 Å². The predicted molar refractivity (Wildman–Crippen MR) is 78.4 cm³/mol. The maximum atomic E-state index is 5.47. The summed E-state index contributed by atoms with van der Waals surface area (Å²) >= 11 is 3.80. The SMILES string of the molecule is COc1nc(C)c(CC2CC2)c(Br)c1C(C)(C)C. The molecule has 18 heavy (non-hydrogen) atoms. The summed E-state index contributed by atoms with van der Waals surface area (Å²) in [5.41, 5.74) is 3.68. The minimum atomic E-state index is 0.0309. The number of halogens is 1. The van der Waals surface area contributed by atoms with Gasteiger partial charge >= 0.3 is 0 Å². The second-order valence-corrected chi connectivity index (χ2v) is 7.06. The molecular formula is C15H22BrNO. The minimum absolute atomic E-state index is 0.0309. The Balaban J connectivity index is 2.54. The van der Waals surface area contributed by atoms with E-state index in [1.807, 2.05) is 0 Å². The van der Waals surface area contributed by atoms with Gasteiger partial charge in [0.2, 0.25) is 5.88 Å². The summed E-state index contributed by atoms with van der Waals surface area (Å²) < 4.78 is 6.67. The summed E-state index contributed by atoms with van der Waals surface area (Å²) in [6.07, 6.45) is 3.87. The molecular weight excluding hydrogens is 290 g/mol. The molecule has 0 spiro atoms. The number of hydrogen-bond donors (Lipinski definition) is 0. The Morgan fingerprint density at radius 3 is 2.39 bits per heavy atom. The zero-order chi connectivity index (χ0) is 13.5. The topological polar surface area (TPSA) is 22.1 Å². The fraction of sp³-hybridized carbons (Fsp3) is 0.667. The fourth-order valence-corrected chi connectivity index (χ4v) is 3.54. The maximum absolute atomic E-state index is 5.47. The Bertz CT molecular complexity index is 459. The highest BCUT2D eigenvalue weighted by Gasteiger charge is 2.29. The van der Waals surface area contributed by atoms with Crippen LogP contribution in [0, 0.1) is 12.8 Å². The third kappa shape index (κ3) is 2.71. The summed E-state index contributed by atoms with van der Waals surface area (Å²) in [5, 5.41) is 0. The largest absolute Gasteiger partial charge is 0.481 e. The molecule has 2 nitrogen and oxygen atoms in total. The molecule has 0 atom stereocenters. The predicted octanol–water partition coefficient (Wildman–Crippen LogP) is 4.41. The average molecular weight is 312 g/mol. The molecule has 1 saturated carbocycles. The molecule has 1 fully saturated rings. The molecule has 0 amide bonds. The quantitative estimate of drug-likeness (QED) is 0.825. The molecule has 0 unspecified atom stereocenters. The summed E-state index contributed by atoms with van der Waals surface area (Å²) in [4.78, 5) is 4.65. The Kier molecular flexibility index (Phi) is 3.72. The van der Waals surface area contributed by atoms with Crippen molar-refractivity contribution in [3.8, 4) is 5.88 Å². The lowest BCUT2D eigenvalue weighted by molar-refractivity contribution is 0.378. The molecule has 1 aliphatic carbocycles. The zero-order valence-electron chi connectivity index (χ0n) is 11.9. The first-order valence-electron chi connectivity index (χ1n) is 6.58. The van der Waals surface area contributed by atoms with E-state index in [0.717, 1.165) is 23.9 Å². The lowest BCUT2D eigenvalue weighted by atomic mass is 9.86. The monoisotopic (exact) mass is 311 g/mol. The lowest BCUT2D eigenvalue weighted by Gasteiger charge is -2.25. The van der Waals surface area contributed by atoms with E-state index in [1.54, 1.807) is 7.11 Å². The van der Waals surface area contributed by atoms with Crippen molar-refractivity contribution in [1.29, 1.82) is 0 Å². The smallest absolute Gasteiger partial charge is 0.218 e. The molecule has 1 aliphatic rings. The van der Waals surface area contributed by atoms with Gasteiger partial charge in [0.15, 0.2) is 0 Å². The van der Waals surface area contributed by atoms with E-state index >= 15 is 0 Å². The van der Waals surface area contributed by atoms with Crippen molar-refractivity contribution in [2.45, 2.75) is 52.4 Å². The van der Waals surface area contributed by atoms with Gasteiger partial charge in [0.25, 0.3) is 0 Å².